The van der Waals surface area contributed by atoms with Crippen molar-refractivity contribution in [1.82, 2.24) is 0 Å². The second-order valence-electron chi connectivity index (χ2n) is 0.250. The maximum atomic E-state index is 8.33. The van der Waals surface area contributed by atoms with Crippen molar-refractivity contribution in [2.75, 3.05) is 0 Å². The van der Waals surface area contributed by atoms with Crippen LogP contribution in [0.5, 0.6) is 0 Å². The molecule has 40 valence electrons. The van der Waals surface area contributed by atoms with Gasteiger partial charge in [-0.25, -0.2) is 0 Å². The number of hydrogen-bond donors (Lipinski definition) is 0. The van der Waals surface area contributed by atoms with Gasteiger partial charge in [0.25, 0.3) is 0 Å². The molecule has 0 spiro atoms. The predicted molar refractivity (Wildman–Crippen MR) is 6.77 cm³/mol. The first-order valence-corrected chi connectivity index (χ1v) is 0.612. The molecule has 0 aliphatic rings. The summed E-state index contributed by atoms with van der Waals surface area (Å²) in [5.41, 5.74) is 0. The van der Waals surface area contributed by atoms with E-state index in [9.17, 15) is 0 Å². The van der Waals surface area contributed by atoms with Gasteiger partial charge in [-0.3, -0.25) is 0 Å². The van der Waals surface area contributed by atoms with E-state index < -0.39 is 6.16 Å². The molecule has 0 aliphatic heterocycles. The molecule has 0 bridgehead atoms. The van der Waals surface area contributed by atoms with Crippen LogP contribution >= 0.6 is 0 Å². The first-order valence-electron chi connectivity index (χ1n) is 0.612. The number of rotatable bonds is 0. The molecule has 0 aliphatic carbocycles. The van der Waals surface area contributed by atoms with Gasteiger partial charge in [-0.05, 0) is 6.16 Å². The number of hydrogen-bond acceptors (Lipinski definition) is 3. The third kappa shape index (κ3) is 716. The van der Waals surface area contributed by atoms with Gasteiger partial charge < -0.3 is 26.0 Å². The van der Waals surface area contributed by atoms with Crippen LogP contribution in [-0.2, 0) is 52.1 Å². The summed E-state index contributed by atoms with van der Waals surface area (Å²) >= 11 is 0. The molecule has 0 amide bonds. The normalized spacial score (nSPS) is 3.00. The second kappa shape index (κ2) is 25.8. The van der Waals surface area contributed by atoms with Crippen LogP contribution in [-0.4, -0.2) is 6.16 Å². The molecule has 0 aromatic rings. The number of carbonyl (C=O) groups is 1. The van der Waals surface area contributed by atoms with Gasteiger partial charge in [-0.15, -0.1) is 0 Å². The van der Waals surface area contributed by atoms with Gasteiger partial charge in [0.2, 0.25) is 0 Å². The Labute approximate surface area is 73.3 Å². The molecule has 0 N–H and O–H groups in total. The van der Waals surface area contributed by atoms with E-state index >= 15 is 0 Å². The molecule has 0 radical (unpaired) electrons. The van der Waals surface area contributed by atoms with Gasteiger partial charge in [0, 0.05) is 0 Å². The topological polar surface area (TPSA) is 120 Å². The Morgan fingerprint density at radius 3 is 1.12 bits per heavy atom. The first-order chi connectivity index (χ1) is 1.73. The summed E-state index contributed by atoms with van der Waals surface area (Å²) in [5.74, 6) is 0. The molecule has 0 saturated heterocycles. The van der Waals surface area contributed by atoms with E-state index in [0.717, 1.165) is 0 Å². The third-order valence-electron chi connectivity index (χ3n) is 0. The fraction of sp³-hybridized carbons (Fsp3) is 0. The van der Waals surface area contributed by atoms with Crippen LogP contribution in [0.3, 0.4) is 0 Å². The van der Waals surface area contributed by atoms with E-state index in [1.165, 1.54) is 0 Å². The van der Waals surface area contributed by atoms with Crippen LogP contribution in [0.25, 0.3) is 0 Å². The molecule has 0 atom stereocenters. The minimum Gasteiger partial charge on any atom is -2.00 e. The van der Waals surface area contributed by atoms with E-state index in [4.69, 9.17) is 15.0 Å². The van der Waals surface area contributed by atoms with Crippen molar-refractivity contribution in [1.29, 1.82) is 0 Å². The minimum absolute atomic E-state index is 0. The van der Waals surface area contributed by atoms with Crippen molar-refractivity contribution in [2.45, 2.75) is 0 Å². The Hall–Kier alpha value is 0.528. The summed E-state index contributed by atoms with van der Waals surface area (Å²) in [4.78, 5) is 8.33. The van der Waals surface area contributed by atoms with Crippen molar-refractivity contribution in [3.8, 4) is 0 Å². The van der Waals surface area contributed by atoms with Crippen LogP contribution in [0, 0.1) is 0 Å². The number of carboxylic acid groups (broad SMARTS) is 2. The zero-order valence-electron chi connectivity index (χ0n) is 3.75. The Kier molecular flexibility index (Phi) is 125. The van der Waals surface area contributed by atoms with Gasteiger partial charge in [0.1, 0.15) is 0 Å². The summed E-state index contributed by atoms with van der Waals surface area (Å²) in [6.07, 6.45) is -2.33. The van der Waals surface area contributed by atoms with Crippen LogP contribution < -0.4 is 10.2 Å². The molecule has 0 saturated carbocycles. The second-order valence-corrected chi connectivity index (χ2v) is 0.250. The zero-order chi connectivity index (χ0) is 3.58. The van der Waals surface area contributed by atoms with E-state index in [-0.39, 0.29) is 52.1 Å². The Morgan fingerprint density at radius 1 is 1.12 bits per heavy atom. The fourth-order valence-corrected chi connectivity index (χ4v) is 0. The summed E-state index contributed by atoms with van der Waals surface area (Å²) < 4.78 is 0. The smallest absolute Gasteiger partial charge is 2.00 e. The van der Waals surface area contributed by atoms with Crippen molar-refractivity contribution in [3.63, 3.8) is 0 Å². The molecule has 0 aromatic heterocycles. The average Bonchev–Trinajstić information content (AvgIpc) is 0.811. The van der Waals surface area contributed by atoms with E-state index in [0.29, 0.717) is 0 Å². The van der Waals surface area contributed by atoms with Crippen molar-refractivity contribution >= 4 is 6.16 Å². The van der Waals surface area contributed by atoms with Gasteiger partial charge in [0.15, 0.2) is 0 Å². The largest absolute Gasteiger partial charge is 4.00 e. The quantitative estimate of drug-likeness (QED) is 0.400. The molecular weight excluding hydrogens is 205 g/mol. The molecule has 0 unspecified atom stereocenters. The molecule has 7 heteroatoms. The Bertz CT molecular complexity index is 35.4. The van der Waals surface area contributed by atoms with Gasteiger partial charge in [-0.1, -0.05) is 0 Å². The van der Waals surface area contributed by atoms with Crippen LogP contribution in [0.2, 0.25) is 0 Å². The third-order valence-corrected chi connectivity index (χ3v) is 0. The maximum Gasteiger partial charge on any atom is 4.00 e. The van der Waals surface area contributed by atoms with Crippen molar-refractivity contribution in [2.24, 2.45) is 0 Å². The van der Waals surface area contributed by atoms with Crippen LogP contribution in [0.15, 0.2) is 0 Å². The van der Waals surface area contributed by atoms with Crippen molar-refractivity contribution in [3.05, 3.63) is 0 Å². The predicted octanol–water partition coefficient (Wildman–Crippen LogP) is -2.69. The molecule has 0 rings (SSSR count). The summed E-state index contributed by atoms with van der Waals surface area (Å²) in [7, 11) is 0. The summed E-state index contributed by atoms with van der Waals surface area (Å²) in [5, 5.41) is 16.7. The SMILES string of the molecule is O=C([O-])[O-].[O-2].[O-2].[Ti+4].[Zn+2]. The van der Waals surface area contributed by atoms with E-state index in [1.54, 1.807) is 0 Å². The van der Waals surface area contributed by atoms with Crippen molar-refractivity contribution < 1.29 is 67.2 Å². The molecule has 0 fully saturated rings. The fourth-order valence-electron chi connectivity index (χ4n) is 0. The average molecular weight is 205 g/mol. The van der Waals surface area contributed by atoms with Gasteiger partial charge in [0.05, 0.1) is 0 Å². The van der Waals surface area contributed by atoms with E-state index in [1.807, 2.05) is 0 Å². The van der Waals surface area contributed by atoms with Gasteiger partial charge in [-0.2, -0.15) is 0 Å². The molecule has 0 heterocycles. The molecule has 5 nitrogen and oxygen atoms in total. The zero-order valence-corrected chi connectivity index (χ0v) is 8.28. The Balaban J connectivity index is -0.00000000750. The monoisotopic (exact) mass is 204 g/mol. The summed E-state index contributed by atoms with van der Waals surface area (Å²) in [6, 6.07) is 0. The molecule has 8 heavy (non-hydrogen) atoms. The van der Waals surface area contributed by atoms with Gasteiger partial charge >= 0.3 is 41.2 Å². The maximum absolute atomic E-state index is 8.33. The van der Waals surface area contributed by atoms with Crippen LogP contribution in [0.4, 0.5) is 4.79 Å². The standard InChI is InChI=1S/CH2O3.2O.Ti.Zn/c2-1(3)4;;;;/h(H2,2,3,4);;;;/q;2*-2;+4;+2/p-2. The molecule has 0 aromatic carbocycles. The number of carbonyl (C=O) groups excluding carboxylic acids is 1. The minimum atomic E-state index is -2.33. The Morgan fingerprint density at radius 2 is 1.12 bits per heavy atom. The van der Waals surface area contributed by atoms with Crippen LogP contribution in [0.1, 0.15) is 0 Å². The summed E-state index contributed by atoms with van der Waals surface area (Å²) in [6.45, 7) is 0. The first kappa shape index (κ1) is 38.8. The molecular formula is CO5TiZn. The van der Waals surface area contributed by atoms with E-state index in [2.05, 4.69) is 0 Å².